The molecular weight excluding hydrogens is 310 g/mol. The van der Waals surface area contributed by atoms with Gasteiger partial charge in [-0.2, -0.15) is 0 Å². The van der Waals surface area contributed by atoms with E-state index in [1.807, 2.05) is 24.3 Å². The topological polar surface area (TPSA) is 46.6 Å². The van der Waals surface area contributed by atoms with Gasteiger partial charge in [-0.3, -0.25) is 4.79 Å². The molecule has 0 bridgehead atoms. The molecule has 1 aromatic carbocycles. The van der Waals surface area contributed by atoms with E-state index in [2.05, 4.69) is 0 Å². The van der Waals surface area contributed by atoms with Gasteiger partial charge in [-0.25, -0.2) is 4.79 Å². The number of ether oxygens (including phenoxy) is 1. The standard InChI is InChI=1S/C15H12ClNO3S/c16-13-6-5-12(21-13)15(19)20-9-14(18)17-8-7-10-3-1-2-4-11(10)17/h1-6H,7-9H2. The van der Waals surface area contributed by atoms with Gasteiger partial charge in [-0.1, -0.05) is 29.8 Å². The number of thiophene rings is 1. The van der Waals surface area contributed by atoms with Gasteiger partial charge in [-0.05, 0) is 30.2 Å². The number of nitrogens with zero attached hydrogens (tertiary/aromatic N) is 1. The van der Waals surface area contributed by atoms with E-state index < -0.39 is 5.97 Å². The Hall–Kier alpha value is -1.85. The van der Waals surface area contributed by atoms with Crippen molar-refractivity contribution < 1.29 is 14.3 Å². The number of fused-ring (bicyclic) bond motifs is 1. The number of benzene rings is 1. The van der Waals surface area contributed by atoms with Gasteiger partial charge in [0.25, 0.3) is 5.91 Å². The molecule has 2 heterocycles. The lowest BCUT2D eigenvalue weighted by Gasteiger charge is -2.16. The summed E-state index contributed by atoms with van der Waals surface area (Å²) in [6.07, 6.45) is 0.830. The van der Waals surface area contributed by atoms with Crippen LogP contribution in [-0.2, 0) is 16.0 Å². The molecule has 0 N–H and O–H groups in total. The number of halogens is 1. The summed E-state index contributed by atoms with van der Waals surface area (Å²) in [5.74, 6) is -0.733. The first-order chi connectivity index (χ1) is 10.1. The summed E-state index contributed by atoms with van der Waals surface area (Å²) in [6.45, 7) is 0.364. The van der Waals surface area contributed by atoms with E-state index in [0.29, 0.717) is 15.8 Å². The molecule has 1 aromatic heterocycles. The minimum absolute atomic E-state index is 0.212. The average molecular weight is 322 g/mol. The van der Waals surface area contributed by atoms with E-state index in [1.165, 1.54) is 0 Å². The van der Waals surface area contributed by atoms with Crippen LogP contribution in [0.3, 0.4) is 0 Å². The molecule has 4 nitrogen and oxygen atoms in total. The number of amides is 1. The highest BCUT2D eigenvalue weighted by Gasteiger charge is 2.25. The molecule has 0 fully saturated rings. The van der Waals surface area contributed by atoms with Crippen LogP contribution in [0.4, 0.5) is 5.69 Å². The second-order valence-electron chi connectivity index (χ2n) is 4.60. The quantitative estimate of drug-likeness (QED) is 0.816. The Morgan fingerprint density at radius 2 is 2.05 bits per heavy atom. The highest BCUT2D eigenvalue weighted by molar-refractivity contribution is 7.17. The van der Waals surface area contributed by atoms with Crippen molar-refractivity contribution in [2.24, 2.45) is 0 Å². The highest BCUT2D eigenvalue weighted by atomic mass is 35.5. The lowest BCUT2D eigenvalue weighted by Crippen LogP contribution is -2.33. The van der Waals surface area contributed by atoms with Crippen LogP contribution in [0.15, 0.2) is 36.4 Å². The molecule has 1 aliphatic heterocycles. The maximum atomic E-state index is 12.2. The summed E-state index contributed by atoms with van der Waals surface area (Å²) in [4.78, 5) is 26.0. The summed E-state index contributed by atoms with van der Waals surface area (Å²) in [5.41, 5.74) is 2.04. The third-order valence-electron chi connectivity index (χ3n) is 3.29. The number of carbonyl (C=O) groups excluding carboxylic acids is 2. The Morgan fingerprint density at radius 1 is 1.24 bits per heavy atom. The molecule has 0 saturated heterocycles. The van der Waals surface area contributed by atoms with Gasteiger partial charge in [0.2, 0.25) is 0 Å². The Labute approximate surface area is 130 Å². The van der Waals surface area contributed by atoms with E-state index in [1.54, 1.807) is 17.0 Å². The Balaban J connectivity index is 1.62. The van der Waals surface area contributed by atoms with Crippen molar-refractivity contribution in [3.05, 3.63) is 51.2 Å². The van der Waals surface area contributed by atoms with Crippen LogP contribution < -0.4 is 4.90 Å². The number of hydrogen-bond donors (Lipinski definition) is 0. The van der Waals surface area contributed by atoms with Crippen LogP contribution >= 0.6 is 22.9 Å². The van der Waals surface area contributed by atoms with Gasteiger partial charge >= 0.3 is 5.97 Å². The maximum Gasteiger partial charge on any atom is 0.348 e. The largest absolute Gasteiger partial charge is 0.451 e. The first kappa shape index (κ1) is 14.1. The first-order valence-corrected chi connectivity index (χ1v) is 7.65. The van der Waals surface area contributed by atoms with Gasteiger partial charge < -0.3 is 9.64 Å². The average Bonchev–Trinajstić information content (AvgIpc) is 3.10. The van der Waals surface area contributed by atoms with E-state index in [0.717, 1.165) is 29.0 Å². The van der Waals surface area contributed by atoms with E-state index in [9.17, 15) is 9.59 Å². The number of rotatable bonds is 3. The smallest absolute Gasteiger partial charge is 0.348 e. The molecule has 3 rings (SSSR count). The molecule has 6 heteroatoms. The number of carbonyl (C=O) groups is 2. The molecule has 0 aliphatic carbocycles. The number of anilines is 1. The number of para-hydroxylation sites is 1. The summed E-state index contributed by atoms with van der Waals surface area (Å²) in [6, 6.07) is 11.0. The second kappa shape index (κ2) is 5.87. The number of esters is 1. The number of hydrogen-bond acceptors (Lipinski definition) is 4. The van der Waals surface area contributed by atoms with Crippen molar-refractivity contribution in [3.63, 3.8) is 0 Å². The molecule has 1 amide bonds. The van der Waals surface area contributed by atoms with E-state index >= 15 is 0 Å². The van der Waals surface area contributed by atoms with Crippen molar-refractivity contribution in [2.75, 3.05) is 18.1 Å². The zero-order chi connectivity index (χ0) is 14.8. The third kappa shape index (κ3) is 2.94. The second-order valence-corrected chi connectivity index (χ2v) is 6.32. The van der Waals surface area contributed by atoms with Gasteiger partial charge in [0.1, 0.15) is 4.88 Å². The lowest BCUT2D eigenvalue weighted by molar-refractivity contribution is -0.121. The van der Waals surface area contributed by atoms with Gasteiger partial charge in [0.15, 0.2) is 6.61 Å². The monoisotopic (exact) mass is 321 g/mol. The fourth-order valence-electron chi connectivity index (χ4n) is 2.30. The van der Waals surface area contributed by atoms with Crippen molar-refractivity contribution in [3.8, 4) is 0 Å². The third-order valence-corrected chi connectivity index (χ3v) is 4.50. The minimum Gasteiger partial charge on any atom is -0.451 e. The van der Waals surface area contributed by atoms with Gasteiger partial charge in [0, 0.05) is 12.2 Å². The SMILES string of the molecule is O=C(OCC(=O)N1CCc2ccccc21)c1ccc(Cl)s1. The molecule has 21 heavy (non-hydrogen) atoms. The Kier molecular flexibility index (Phi) is 3.94. The summed E-state index contributed by atoms with van der Waals surface area (Å²) in [7, 11) is 0. The van der Waals surface area contributed by atoms with E-state index in [-0.39, 0.29) is 12.5 Å². The van der Waals surface area contributed by atoms with Crippen LogP contribution in [0, 0.1) is 0 Å². The zero-order valence-corrected chi connectivity index (χ0v) is 12.6. The van der Waals surface area contributed by atoms with Crippen LogP contribution in [0.1, 0.15) is 15.2 Å². The summed E-state index contributed by atoms with van der Waals surface area (Å²) in [5, 5.41) is 0. The van der Waals surface area contributed by atoms with Gasteiger partial charge in [0.05, 0.1) is 4.34 Å². The van der Waals surface area contributed by atoms with E-state index in [4.69, 9.17) is 16.3 Å². The zero-order valence-electron chi connectivity index (χ0n) is 11.0. The molecule has 0 unspecified atom stereocenters. The molecule has 1 aliphatic rings. The molecule has 0 spiro atoms. The fourth-order valence-corrected chi connectivity index (χ4v) is 3.23. The minimum atomic E-state index is -0.521. The van der Waals surface area contributed by atoms with Crippen LogP contribution in [0.5, 0.6) is 0 Å². The summed E-state index contributed by atoms with van der Waals surface area (Å²) < 4.78 is 5.57. The Bertz CT molecular complexity index is 698. The van der Waals surface area contributed by atoms with Crippen LogP contribution in [0.2, 0.25) is 4.34 Å². The maximum absolute atomic E-state index is 12.2. The van der Waals surface area contributed by atoms with Crippen molar-refractivity contribution in [1.82, 2.24) is 0 Å². The van der Waals surface area contributed by atoms with Crippen molar-refractivity contribution in [2.45, 2.75) is 6.42 Å². The molecule has 0 saturated carbocycles. The van der Waals surface area contributed by atoms with Gasteiger partial charge in [-0.15, -0.1) is 11.3 Å². The Morgan fingerprint density at radius 3 is 2.81 bits per heavy atom. The summed E-state index contributed by atoms with van der Waals surface area (Å²) >= 11 is 6.90. The van der Waals surface area contributed by atoms with Crippen molar-refractivity contribution in [1.29, 1.82) is 0 Å². The first-order valence-electron chi connectivity index (χ1n) is 6.46. The molecule has 108 valence electrons. The molecule has 0 atom stereocenters. The van der Waals surface area contributed by atoms with Crippen molar-refractivity contribution >= 4 is 40.5 Å². The normalized spacial score (nSPS) is 13.1. The fraction of sp³-hybridized carbons (Fsp3) is 0.200. The molecule has 2 aromatic rings. The molecular formula is C15H12ClNO3S. The highest BCUT2D eigenvalue weighted by Crippen LogP contribution is 2.27. The predicted octanol–water partition coefficient (Wildman–Crippen LogP) is 3.15. The lowest BCUT2D eigenvalue weighted by atomic mass is 10.2. The van der Waals surface area contributed by atoms with Crippen LogP contribution in [0.25, 0.3) is 0 Å². The van der Waals surface area contributed by atoms with Crippen LogP contribution in [-0.4, -0.2) is 25.0 Å². The molecule has 0 radical (unpaired) electrons. The predicted molar refractivity (Wildman–Crippen MR) is 82.1 cm³/mol.